The summed E-state index contributed by atoms with van der Waals surface area (Å²) in [6, 6.07) is -0.441. The fraction of sp³-hybridized carbons (Fsp3) is 0.643. The fourth-order valence-electron chi connectivity index (χ4n) is 3.11. The summed E-state index contributed by atoms with van der Waals surface area (Å²) in [4.78, 5) is 17.7. The van der Waals surface area contributed by atoms with Crippen molar-refractivity contribution in [3.8, 4) is 0 Å². The second-order valence-electron chi connectivity index (χ2n) is 5.97. The number of hydrogen-bond acceptors (Lipinski definition) is 8. The molecule has 3 rings (SSSR count). The van der Waals surface area contributed by atoms with E-state index in [1.807, 2.05) is 16.5 Å². The van der Waals surface area contributed by atoms with Crippen molar-refractivity contribution in [3.05, 3.63) is 16.8 Å². The minimum Gasteiger partial charge on any atom is -0.394 e. The average Bonchev–Trinajstić information content (AvgIpc) is 3.18. The molecule has 3 heterocycles. The molecule has 3 N–H and O–H groups in total. The Morgan fingerprint density at radius 2 is 2.36 bits per heavy atom. The van der Waals surface area contributed by atoms with E-state index in [9.17, 15) is 5.11 Å². The number of hydrogen-bond donors (Lipinski definition) is 2. The van der Waals surface area contributed by atoms with E-state index < -0.39 is 18.4 Å². The highest BCUT2D eigenvalue weighted by Gasteiger charge is 2.36. The number of aliphatic hydroxyl groups excluding tert-OH is 1. The highest BCUT2D eigenvalue weighted by atomic mass is 16.5. The first-order chi connectivity index (χ1) is 12.1. The van der Waals surface area contributed by atoms with Crippen LogP contribution in [0.2, 0.25) is 0 Å². The van der Waals surface area contributed by atoms with Crippen LogP contribution in [0.5, 0.6) is 0 Å². The van der Waals surface area contributed by atoms with Gasteiger partial charge in [-0.3, -0.25) is 4.57 Å². The maximum atomic E-state index is 9.46. The van der Waals surface area contributed by atoms with Crippen LogP contribution >= 0.6 is 0 Å². The van der Waals surface area contributed by atoms with Gasteiger partial charge >= 0.3 is 0 Å². The fourth-order valence-corrected chi connectivity index (χ4v) is 3.11. The standard InChI is InChI=1S/C14H21N9O2/c1-3-4-22(2)13-11-12(18-14(15)19-13)17-7-23(11)10-5-8(20-21-16)9(6-24)25-10/h7-10,24H,3-6H2,1-2H3,(H2,15,18,19)/t8?,9-,10-/m1/s1. The van der Waals surface area contributed by atoms with Crippen molar-refractivity contribution in [2.75, 3.05) is 30.8 Å². The number of aliphatic hydroxyl groups is 1. The van der Waals surface area contributed by atoms with Gasteiger partial charge in [0, 0.05) is 24.9 Å². The van der Waals surface area contributed by atoms with E-state index in [-0.39, 0.29) is 12.6 Å². The van der Waals surface area contributed by atoms with Gasteiger partial charge in [-0.1, -0.05) is 12.0 Å². The second kappa shape index (κ2) is 7.09. The van der Waals surface area contributed by atoms with Crippen LogP contribution in [0.4, 0.5) is 11.8 Å². The van der Waals surface area contributed by atoms with Crippen molar-refractivity contribution < 1.29 is 9.84 Å². The van der Waals surface area contributed by atoms with Crippen molar-refractivity contribution in [2.45, 2.75) is 38.1 Å². The third kappa shape index (κ3) is 3.16. The molecule has 134 valence electrons. The molecule has 0 aromatic carbocycles. The number of nitrogens with two attached hydrogens (primary N) is 1. The summed E-state index contributed by atoms with van der Waals surface area (Å²) >= 11 is 0. The van der Waals surface area contributed by atoms with Gasteiger partial charge in [0.1, 0.15) is 11.7 Å². The lowest BCUT2D eigenvalue weighted by Gasteiger charge is -2.21. The number of nitrogen functional groups attached to an aromatic ring is 1. The summed E-state index contributed by atoms with van der Waals surface area (Å²) in [6.45, 7) is 2.65. The molecule has 0 bridgehead atoms. The number of rotatable bonds is 6. The molecular formula is C14H21N9O2. The largest absolute Gasteiger partial charge is 0.394 e. The van der Waals surface area contributed by atoms with E-state index in [2.05, 4.69) is 31.9 Å². The molecule has 2 aromatic rings. The lowest BCUT2D eigenvalue weighted by molar-refractivity contribution is -0.0230. The van der Waals surface area contributed by atoms with Gasteiger partial charge in [0.2, 0.25) is 5.95 Å². The molecule has 0 spiro atoms. The second-order valence-corrected chi connectivity index (χ2v) is 5.97. The predicted molar refractivity (Wildman–Crippen MR) is 91.8 cm³/mol. The minimum absolute atomic E-state index is 0.156. The molecule has 0 amide bonds. The van der Waals surface area contributed by atoms with E-state index in [0.29, 0.717) is 23.4 Å². The van der Waals surface area contributed by atoms with Crippen molar-refractivity contribution in [3.63, 3.8) is 0 Å². The maximum absolute atomic E-state index is 9.46. The third-order valence-corrected chi connectivity index (χ3v) is 4.24. The molecule has 1 aliphatic rings. The number of nitrogens with zero attached hydrogens (tertiary/aromatic N) is 8. The van der Waals surface area contributed by atoms with Crippen LogP contribution < -0.4 is 10.6 Å². The SMILES string of the molecule is CCCN(C)c1nc(N)nc2ncn([C@H]3CC(N=[N+]=[N-])[C@@H](CO)O3)c12. The predicted octanol–water partition coefficient (Wildman–Crippen LogP) is 1.21. The number of fused-ring (bicyclic) bond motifs is 1. The third-order valence-electron chi connectivity index (χ3n) is 4.24. The lowest BCUT2D eigenvalue weighted by atomic mass is 10.1. The Bertz CT molecular complexity index is 801. The van der Waals surface area contributed by atoms with Crippen molar-refractivity contribution >= 4 is 22.9 Å². The molecule has 3 atom stereocenters. The quantitative estimate of drug-likeness (QED) is 0.452. The molecule has 25 heavy (non-hydrogen) atoms. The van der Waals surface area contributed by atoms with E-state index in [0.717, 1.165) is 13.0 Å². The Labute approximate surface area is 144 Å². The normalized spacial score (nSPS) is 22.9. The van der Waals surface area contributed by atoms with Crippen LogP contribution in [0.1, 0.15) is 26.0 Å². The highest BCUT2D eigenvalue weighted by Crippen LogP contribution is 2.35. The van der Waals surface area contributed by atoms with E-state index >= 15 is 0 Å². The summed E-state index contributed by atoms with van der Waals surface area (Å²) < 4.78 is 7.67. The van der Waals surface area contributed by atoms with Crippen LogP contribution in [-0.2, 0) is 4.74 Å². The molecule has 11 nitrogen and oxygen atoms in total. The number of anilines is 2. The molecule has 1 aliphatic heterocycles. The summed E-state index contributed by atoms with van der Waals surface area (Å²) in [5.41, 5.74) is 15.7. The first-order valence-corrected chi connectivity index (χ1v) is 8.10. The maximum Gasteiger partial charge on any atom is 0.224 e. The molecule has 1 fully saturated rings. The van der Waals surface area contributed by atoms with Crippen LogP contribution in [0.3, 0.4) is 0 Å². The van der Waals surface area contributed by atoms with Gasteiger partial charge in [-0.25, -0.2) is 4.98 Å². The summed E-state index contributed by atoms with van der Waals surface area (Å²) in [7, 11) is 1.93. The Morgan fingerprint density at radius 3 is 3.04 bits per heavy atom. The van der Waals surface area contributed by atoms with Crippen molar-refractivity contribution in [1.82, 2.24) is 19.5 Å². The van der Waals surface area contributed by atoms with Gasteiger partial charge in [-0.15, -0.1) is 0 Å². The zero-order valence-electron chi connectivity index (χ0n) is 14.1. The van der Waals surface area contributed by atoms with Crippen LogP contribution in [0.25, 0.3) is 21.6 Å². The zero-order chi connectivity index (χ0) is 18.0. The van der Waals surface area contributed by atoms with Gasteiger partial charge in [-0.2, -0.15) is 9.97 Å². The number of imidazole rings is 1. The monoisotopic (exact) mass is 347 g/mol. The molecule has 1 saturated heterocycles. The lowest BCUT2D eigenvalue weighted by Crippen LogP contribution is -2.23. The van der Waals surface area contributed by atoms with Crippen LogP contribution in [0, 0.1) is 0 Å². The topological polar surface area (TPSA) is 151 Å². The van der Waals surface area contributed by atoms with E-state index in [1.165, 1.54) is 0 Å². The average molecular weight is 347 g/mol. The zero-order valence-corrected chi connectivity index (χ0v) is 14.1. The minimum atomic E-state index is -0.551. The molecule has 11 heteroatoms. The molecule has 1 unspecified atom stereocenters. The van der Waals surface area contributed by atoms with Gasteiger partial charge < -0.3 is 20.5 Å². The highest BCUT2D eigenvalue weighted by molar-refractivity contribution is 5.85. The summed E-state index contributed by atoms with van der Waals surface area (Å²) in [5.74, 6) is 0.821. The Morgan fingerprint density at radius 1 is 1.56 bits per heavy atom. The molecule has 0 radical (unpaired) electrons. The van der Waals surface area contributed by atoms with Gasteiger partial charge in [0.05, 0.1) is 25.1 Å². The van der Waals surface area contributed by atoms with Gasteiger partial charge in [0.25, 0.3) is 0 Å². The Balaban J connectivity index is 2.04. The summed E-state index contributed by atoms with van der Waals surface area (Å²) in [5, 5.41) is 13.2. The van der Waals surface area contributed by atoms with Gasteiger partial charge in [-0.05, 0) is 12.0 Å². The first kappa shape index (κ1) is 17.2. The molecule has 2 aromatic heterocycles. The Kier molecular flexibility index (Phi) is 4.88. The summed E-state index contributed by atoms with van der Waals surface area (Å²) in [6.07, 6.45) is 2.01. The van der Waals surface area contributed by atoms with Gasteiger partial charge in [0.15, 0.2) is 11.5 Å². The smallest absolute Gasteiger partial charge is 0.224 e. The molecular weight excluding hydrogens is 326 g/mol. The first-order valence-electron chi connectivity index (χ1n) is 8.10. The number of azide groups is 1. The number of ether oxygens (including phenoxy) is 1. The number of aromatic nitrogens is 4. The molecule has 0 aliphatic carbocycles. The van der Waals surface area contributed by atoms with Crippen molar-refractivity contribution in [1.29, 1.82) is 0 Å². The molecule has 0 saturated carbocycles. The van der Waals surface area contributed by atoms with E-state index in [1.54, 1.807) is 6.33 Å². The Hall–Kier alpha value is -2.62. The van der Waals surface area contributed by atoms with Crippen molar-refractivity contribution in [2.24, 2.45) is 5.11 Å². The van der Waals surface area contributed by atoms with Crippen LogP contribution in [-0.4, -0.2) is 57.0 Å². The van der Waals surface area contributed by atoms with E-state index in [4.69, 9.17) is 16.0 Å². The van der Waals surface area contributed by atoms with Crippen LogP contribution in [0.15, 0.2) is 11.4 Å².